The van der Waals surface area contributed by atoms with Crippen LogP contribution in [-0.4, -0.2) is 16.5 Å². The van der Waals surface area contributed by atoms with Gasteiger partial charge >= 0.3 is 0 Å². The van der Waals surface area contributed by atoms with Crippen LogP contribution in [0.3, 0.4) is 0 Å². The molecule has 0 aliphatic carbocycles. The number of ketones is 1. The smallest absolute Gasteiger partial charge is 0.140 e. The van der Waals surface area contributed by atoms with Gasteiger partial charge in [0.1, 0.15) is 5.78 Å². The van der Waals surface area contributed by atoms with Crippen molar-refractivity contribution in [1.82, 2.24) is 4.98 Å². The van der Waals surface area contributed by atoms with E-state index in [9.17, 15) is 4.79 Å². The van der Waals surface area contributed by atoms with E-state index < -0.39 is 0 Å². The summed E-state index contributed by atoms with van der Waals surface area (Å²) in [6.45, 7) is 1.59. The minimum atomic E-state index is 0.193. The molecule has 0 fully saturated rings. The monoisotopic (exact) mass is 167 g/mol. The molecule has 0 saturated heterocycles. The topological polar surface area (TPSA) is 30.0 Å². The van der Waals surface area contributed by atoms with Gasteiger partial charge in [-0.3, -0.25) is 9.78 Å². The van der Waals surface area contributed by atoms with E-state index in [4.69, 9.17) is 0 Å². The van der Waals surface area contributed by atoms with Crippen LogP contribution in [0.5, 0.6) is 0 Å². The van der Waals surface area contributed by atoms with Gasteiger partial charge in [-0.1, -0.05) is 0 Å². The van der Waals surface area contributed by atoms with Crippen LogP contribution in [0.15, 0.2) is 29.4 Å². The van der Waals surface area contributed by atoms with E-state index in [0.717, 1.165) is 4.90 Å². The standard InChI is InChI=1S/C8H9NOS/c1-7(10)6-11-8-3-2-4-9-5-8/h2-5H,6H2,1H3. The molecular formula is C8H9NOS. The average Bonchev–Trinajstić information content (AvgIpc) is 2.03. The van der Waals surface area contributed by atoms with Gasteiger partial charge in [0.15, 0.2) is 0 Å². The molecule has 11 heavy (non-hydrogen) atoms. The molecule has 0 saturated carbocycles. The lowest BCUT2D eigenvalue weighted by Gasteiger charge is -1.95. The Balaban J connectivity index is 2.45. The first-order chi connectivity index (χ1) is 5.29. The van der Waals surface area contributed by atoms with Crippen LogP contribution in [0.25, 0.3) is 0 Å². The molecule has 0 spiro atoms. The molecule has 1 rings (SSSR count). The molecule has 0 atom stereocenters. The third kappa shape index (κ3) is 3.18. The minimum Gasteiger partial charge on any atom is -0.299 e. The lowest BCUT2D eigenvalue weighted by molar-refractivity contribution is -0.114. The fourth-order valence-corrected chi connectivity index (χ4v) is 1.30. The quantitative estimate of drug-likeness (QED) is 0.642. The fraction of sp³-hybridized carbons (Fsp3) is 0.250. The highest BCUT2D eigenvalue weighted by molar-refractivity contribution is 8.00. The third-order valence-electron chi connectivity index (χ3n) is 1.08. The summed E-state index contributed by atoms with van der Waals surface area (Å²) in [5, 5.41) is 0. The van der Waals surface area contributed by atoms with Crippen LogP contribution in [0.1, 0.15) is 6.92 Å². The molecule has 1 heterocycles. The van der Waals surface area contributed by atoms with Crippen LogP contribution >= 0.6 is 11.8 Å². The van der Waals surface area contributed by atoms with Gasteiger partial charge in [-0.2, -0.15) is 0 Å². The summed E-state index contributed by atoms with van der Waals surface area (Å²) in [4.78, 5) is 15.6. The second-order valence-electron chi connectivity index (χ2n) is 2.18. The first-order valence-electron chi connectivity index (χ1n) is 3.31. The predicted molar refractivity (Wildman–Crippen MR) is 45.6 cm³/mol. The first kappa shape index (κ1) is 8.27. The number of rotatable bonds is 3. The van der Waals surface area contributed by atoms with Gasteiger partial charge in [-0.05, 0) is 19.1 Å². The van der Waals surface area contributed by atoms with Crippen molar-refractivity contribution in [2.45, 2.75) is 11.8 Å². The van der Waals surface area contributed by atoms with E-state index in [0.29, 0.717) is 5.75 Å². The van der Waals surface area contributed by atoms with Gasteiger partial charge in [0.05, 0.1) is 5.75 Å². The van der Waals surface area contributed by atoms with E-state index in [2.05, 4.69) is 4.98 Å². The number of hydrogen-bond acceptors (Lipinski definition) is 3. The Hall–Kier alpha value is -0.830. The number of Topliss-reactive ketones (excluding diaryl/α,β-unsaturated/α-hetero) is 1. The van der Waals surface area contributed by atoms with E-state index in [1.807, 2.05) is 12.1 Å². The summed E-state index contributed by atoms with van der Waals surface area (Å²) in [6.07, 6.45) is 3.48. The maximum absolute atomic E-state index is 10.6. The van der Waals surface area contributed by atoms with E-state index in [-0.39, 0.29) is 5.78 Å². The first-order valence-corrected chi connectivity index (χ1v) is 4.30. The summed E-state index contributed by atoms with van der Waals surface area (Å²) < 4.78 is 0. The molecular weight excluding hydrogens is 158 g/mol. The van der Waals surface area contributed by atoms with Gasteiger partial charge in [-0.15, -0.1) is 11.8 Å². The lowest BCUT2D eigenvalue weighted by atomic mass is 10.5. The molecule has 1 aromatic rings. The summed E-state index contributed by atoms with van der Waals surface area (Å²) in [6, 6.07) is 3.81. The SMILES string of the molecule is CC(=O)CSc1cccnc1. The van der Waals surface area contributed by atoms with Crippen LogP contribution in [0.2, 0.25) is 0 Å². The molecule has 0 unspecified atom stereocenters. The van der Waals surface area contributed by atoms with Crippen LogP contribution < -0.4 is 0 Å². The van der Waals surface area contributed by atoms with Crippen molar-refractivity contribution in [3.05, 3.63) is 24.5 Å². The number of carbonyl (C=O) groups is 1. The Labute approximate surface area is 70.0 Å². The largest absolute Gasteiger partial charge is 0.299 e. The Morgan fingerprint density at radius 2 is 2.55 bits per heavy atom. The van der Waals surface area contributed by atoms with Crippen molar-refractivity contribution < 1.29 is 4.79 Å². The molecule has 3 heteroatoms. The zero-order valence-electron chi connectivity index (χ0n) is 6.28. The molecule has 0 aliphatic rings. The second kappa shape index (κ2) is 4.13. The van der Waals surface area contributed by atoms with Gasteiger partial charge in [0, 0.05) is 17.3 Å². The second-order valence-corrected chi connectivity index (χ2v) is 3.23. The molecule has 1 aromatic heterocycles. The van der Waals surface area contributed by atoms with Crippen molar-refractivity contribution in [3.8, 4) is 0 Å². The molecule has 2 nitrogen and oxygen atoms in total. The van der Waals surface area contributed by atoms with Crippen LogP contribution in [-0.2, 0) is 4.79 Å². The molecule has 0 aliphatic heterocycles. The minimum absolute atomic E-state index is 0.193. The Morgan fingerprint density at radius 3 is 3.09 bits per heavy atom. The summed E-state index contributed by atoms with van der Waals surface area (Å²) in [5.41, 5.74) is 0. The highest BCUT2D eigenvalue weighted by Crippen LogP contribution is 2.14. The zero-order valence-corrected chi connectivity index (χ0v) is 7.10. The highest BCUT2D eigenvalue weighted by atomic mass is 32.2. The fourth-order valence-electron chi connectivity index (χ4n) is 0.617. The van der Waals surface area contributed by atoms with Crippen molar-refractivity contribution in [3.63, 3.8) is 0 Å². The Morgan fingerprint density at radius 1 is 1.73 bits per heavy atom. The summed E-state index contributed by atoms with van der Waals surface area (Å²) in [7, 11) is 0. The molecule has 0 amide bonds. The number of pyridine rings is 1. The van der Waals surface area contributed by atoms with Gasteiger partial charge in [0.2, 0.25) is 0 Å². The van der Waals surface area contributed by atoms with Gasteiger partial charge in [-0.25, -0.2) is 0 Å². The lowest BCUT2D eigenvalue weighted by Crippen LogP contribution is -1.92. The predicted octanol–water partition coefficient (Wildman–Crippen LogP) is 1.76. The van der Waals surface area contributed by atoms with Crippen molar-refractivity contribution in [2.75, 3.05) is 5.75 Å². The molecule has 0 N–H and O–H groups in total. The normalized spacial score (nSPS) is 9.55. The average molecular weight is 167 g/mol. The maximum atomic E-state index is 10.6. The maximum Gasteiger partial charge on any atom is 0.140 e. The Kier molecular flexibility index (Phi) is 3.11. The van der Waals surface area contributed by atoms with E-state index in [1.165, 1.54) is 11.8 Å². The molecule has 58 valence electrons. The van der Waals surface area contributed by atoms with Gasteiger partial charge in [0.25, 0.3) is 0 Å². The number of nitrogens with zero attached hydrogens (tertiary/aromatic N) is 1. The van der Waals surface area contributed by atoms with Gasteiger partial charge < -0.3 is 0 Å². The number of aromatic nitrogens is 1. The van der Waals surface area contributed by atoms with E-state index >= 15 is 0 Å². The number of carbonyl (C=O) groups excluding carboxylic acids is 1. The summed E-state index contributed by atoms with van der Waals surface area (Å²) >= 11 is 1.52. The zero-order chi connectivity index (χ0) is 8.10. The number of thioether (sulfide) groups is 1. The third-order valence-corrected chi connectivity index (χ3v) is 2.20. The highest BCUT2D eigenvalue weighted by Gasteiger charge is 1.95. The van der Waals surface area contributed by atoms with Crippen molar-refractivity contribution in [2.24, 2.45) is 0 Å². The van der Waals surface area contributed by atoms with E-state index in [1.54, 1.807) is 19.3 Å². The molecule has 0 aromatic carbocycles. The van der Waals surface area contributed by atoms with Crippen molar-refractivity contribution >= 4 is 17.5 Å². The van der Waals surface area contributed by atoms with Crippen molar-refractivity contribution in [1.29, 1.82) is 0 Å². The Bertz CT molecular complexity index is 235. The molecule has 0 bridgehead atoms. The van der Waals surface area contributed by atoms with Crippen LogP contribution in [0, 0.1) is 0 Å². The van der Waals surface area contributed by atoms with Crippen LogP contribution in [0.4, 0.5) is 0 Å². The molecule has 0 radical (unpaired) electrons. The number of hydrogen-bond donors (Lipinski definition) is 0. The summed E-state index contributed by atoms with van der Waals surface area (Å²) in [5.74, 6) is 0.727.